The summed E-state index contributed by atoms with van der Waals surface area (Å²) in [7, 11) is 0. The van der Waals surface area contributed by atoms with Gasteiger partial charge in [0.2, 0.25) is 0 Å². The van der Waals surface area contributed by atoms with Crippen LogP contribution in [-0.2, 0) is 168 Å². The van der Waals surface area contributed by atoms with Crippen molar-refractivity contribution in [2.24, 2.45) is 0 Å². The van der Waals surface area contributed by atoms with Gasteiger partial charge >= 0.3 is 35.8 Å². The van der Waals surface area contributed by atoms with Gasteiger partial charge in [-0.05, 0) is 332 Å². The number of hydrogen-bond acceptors (Lipinski definition) is 26. The number of rotatable bonds is 39. The molecule has 0 aliphatic carbocycles. The number of carbonyl (C=O) groups excluding carboxylic acids is 6. The van der Waals surface area contributed by atoms with Crippen molar-refractivity contribution in [3.8, 4) is 56.9 Å². The fourth-order valence-corrected chi connectivity index (χ4v) is 13.7. The molecule has 0 amide bonds. The Morgan fingerprint density at radius 2 is 0.375 bits per heavy atom. The average molecular weight is 1750 g/mol. The van der Waals surface area contributed by atoms with E-state index in [9.17, 15) is 28.8 Å². The first kappa shape index (κ1) is 98.3. The molecule has 0 atom stereocenters. The summed E-state index contributed by atoms with van der Waals surface area (Å²) in [5, 5.41) is 0. The van der Waals surface area contributed by atoms with Crippen LogP contribution in [0.5, 0.6) is 0 Å². The van der Waals surface area contributed by atoms with E-state index in [4.69, 9.17) is 97.2 Å². The van der Waals surface area contributed by atoms with Crippen molar-refractivity contribution in [1.82, 2.24) is 49.8 Å². The third-order valence-electron chi connectivity index (χ3n) is 18.5. The maximum atomic E-state index is 13.3. The lowest BCUT2D eigenvalue weighted by Crippen LogP contribution is -2.24. The molecule has 26 heteroatoms. The monoisotopic (exact) mass is 1740 g/mol. The van der Waals surface area contributed by atoms with Gasteiger partial charge in [-0.15, -0.1) is 0 Å². The van der Waals surface area contributed by atoms with Gasteiger partial charge in [0.05, 0.1) is 155 Å². The van der Waals surface area contributed by atoms with Gasteiger partial charge in [0.1, 0.15) is 33.6 Å². The molecule has 0 aliphatic heterocycles. The van der Waals surface area contributed by atoms with Crippen LogP contribution < -0.4 is 0 Å². The molecule has 26 nitrogen and oxygen atoms in total. The van der Waals surface area contributed by atoms with Crippen molar-refractivity contribution in [3.05, 3.63) is 236 Å². The minimum atomic E-state index is -0.687. The topological polar surface area (TPSA) is 324 Å². The molecule has 0 unspecified atom stereocenters. The highest BCUT2D eigenvalue weighted by atomic mass is 16.6. The number of pyridine rings is 10. The minimum absolute atomic E-state index is 0.0611. The third-order valence-corrected chi connectivity index (χ3v) is 18.5. The molecule has 0 aromatic carbocycles. The Hall–Kier alpha value is -11.8. The fraction of sp³-hybridized carbons (Fsp3) is 0.451. The van der Waals surface area contributed by atoms with E-state index in [1.807, 2.05) is 284 Å². The van der Waals surface area contributed by atoms with Crippen molar-refractivity contribution in [1.29, 1.82) is 0 Å². The van der Waals surface area contributed by atoms with Gasteiger partial charge in [-0.3, -0.25) is 38.7 Å². The number of carbonyl (C=O) groups is 6. The van der Waals surface area contributed by atoms with E-state index in [1.165, 1.54) is 0 Å². The van der Waals surface area contributed by atoms with Crippen molar-refractivity contribution in [2.75, 3.05) is 0 Å². The smallest absolute Gasteiger partial charge is 0.306 e. The number of esters is 6. The van der Waals surface area contributed by atoms with E-state index in [2.05, 4.69) is 0 Å². The van der Waals surface area contributed by atoms with Crippen molar-refractivity contribution in [2.45, 2.75) is 302 Å². The molecule has 0 saturated heterocycles. The maximum absolute atomic E-state index is 13.3. The summed E-state index contributed by atoms with van der Waals surface area (Å²) < 4.78 is 59.5. The molecule has 0 saturated carbocycles. The summed E-state index contributed by atoms with van der Waals surface area (Å²) in [6.45, 7) is 37.8. The highest BCUT2D eigenvalue weighted by Crippen LogP contribution is 2.30. The third kappa shape index (κ3) is 35.1. The number of ether oxygens (including phenoxy) is 10. The van der Waals surface area contributed by atoms with Crippen LogP contribution in [0.25, 0.3) is 56.9 Å². The summed E-state index contributed by atoms with van der Waals surface area (Å²) in [4.78, 5) is 128. The summed E-state index contributed by atoms with van der Waals surface area (Å²) in [5.41, 5.74) is 13.7. The van der Waals surface area contributed by atoms with Gasteiger partial charge < -0.3 is 47.4 Å². The molecule has 0 spiro atoms. The standard InChI is InChI=1S/C102H124N10O16/c1-65-45-67(33-39-91(113)123-97(3,4)5)51-85(103-65)87-53-69(35-41-93(115)125-99(9,10)11)47-77(109-87)61-119-57-73-25-21-29-81(105-73)83-31-23-27-75(107-83)59-121-63-79-49-71(37-43-95(117)127-101(15,16)17)55-89(111-79)90-56-72(38-44-96(118)128-102(18,19)20)50-80(112-90)64-122-60-76-28-24-32-84(108-76)82-30-22-26-74(106-82)58-120-62-78-48-70(36-42-94(116)126-100(12,13)14)54-88(110-78)86-52-68(46-66(2)104-86)34-40-92(114)124-98(6,7)8/h21-32,45-56H,33-44,57-64H2,1-20H3. The molecule has 10 aromatic heterocycles. The second-order valence-electron chi connectivity index (χ2n) is 38.0. The molecule has 678 valence electrons. The Bertz CT molecular complexity index is 5200. The Labute approximate surface area is 752 Å². The van der Waals surface area contributed by atoms with Crippen molar-refractivity contribution in [3.63, 3.8) is 0 Å². The quantitative estimate of drug-likeness (QED) is 0.0255. The minimum Gasteiger partial charge on any atom is -0.460 e. The van der Waals surface area contributed by atoms with Crippen LogP contribution in [0.15, 0.2) is 146 Å². The highest BCUT2D eigenvalue weighted by molar-refractivity contribution is 5.74. The van der Waals surface area contributed by atoms with Gasteiger partial charge in [0.15, 0.2) is 0 Å². The Balaban J connectivity index is 0.818. The first-order chi connectivity index (χ1) is 60.3. The van der Waals surface area contributed by atoms with Crippen LogP contribution in [0, 0.1) is 13.8 Å². The molecule has 0 bridgehead atoms. The number of aromatic nitrogens is 10. The first-order valence-electron chi connectivity index (χ1n) is 43.7. The van der Waals surface area contributed by atoms with E-state index in [1.54, 1.807) is 0 Å². The van der Waals surface area contributed by atoms with Gasteiger partial charge in [-0.25, -0.2) is 39.9 Å². The van der Waals surface area contributed by atoms with Crippen LogP contribution in [0.2, 0.25) is 0 Å². The summed E-state index contributed by atoms with van der Waals surface area (Å²) in [6.07, 6.45) is 3.27. The highest BCUT2D eigenvalue weighted by Gasteiger charge is 2.25. The molecular formula is C102H124N10O16. The van der Waals surface area contributed by atoms with E-state index in [-0.39, 0.29) is 127 Å². The summed E-state index contributed by atoms with van der Waals surface area (Å²) >= 11 is 0. The van der Waals surface area contributed by atoms with Gasteiger partial charge in [0, 0.05) is 49.9 Å². The van der Waals surface area contributed by atoms with Crippen LogP contribution in [-0.4, -0.2) is 119 Å². The lowest BCUT2D eigenvalue weighted by Gasteiger charge is -2.19. The average Bonchev–Trinajstić information content (AvgIpc) is 0.812. The molecule has 0 aliphatic rings. The summed E-state index contributed by atoms with van der Waals surface area (Å²) in [6, 6.07) is 45.8. The normalized spacial score (nSPS) is 12.1. The van der Waals surface area contributed by atoms with Crippen LogP contribution in [0.4, 0.5) is 0 Å². The first-order valence-corrected chi connectivity index (χ1v) is 43.7. The zero-order valence-electron chi connectivity index (χ0n) is 78.0. The van der Waals surface area contributed by atoms with E-state index in [0.717, 1.165) is 44.8 Å². The van der Waals surface area contributed by atoms with Gasteiger partial charge in [-0.1, -0.05) is 24.3 Å². The zero-order chi connectivity index (χ0) is 92.7. The maximum Gasteiger partial charge on any atom is 0.306 e. The number of aryl methyl sites for hydroxylation is 8. The van der Waals surface area contributed by atoms with E-state index in [0.29, 0.717) is 141 Å². The molecular weight excluding hydrogens is 1620 g/mol. The molecule has 10 heterocycles. The van der Waals surface area contributed by atoms with Crippen LogP contribution in [0.1, 0.15) is 253 Å². The second kappa shape index (κ2) is 44.3. The van der Waals surface area contributed by atoms with E-state index >= 15 is 0 Å². The summed E-state index contributed by atoms with van der Waals surface area (Å²) in [5.74, 6) is -1.91. The van der Waals surface area contributed by atoms with Crippen molar-refractivity contribution < 1.29 is 76.1 Å². The predicted molar refractivity (Wildman–Crippen MR) is 486 cm³/mol. The molecule has 10 aromatic rings. The number of nitrogens with zero attached hydrogens (tertiary/aromatic N) is 10. The SMILES string of the molecule is Cc1cc(CCC(=O)OC(C)(C)C)cc(-c2cc(CCC(=O)OC(C)(C)C)cc(COCc3cccc(-c4cccc(COCc5cc(CCC(=O)OC(C)(C)C)cc(-c6cc(CCC(=O)OC(C)(C)C)cc(COCc7cccc(-c8cccc(COCc9cc(CCC(=O)OC(C)(C)C)cc(-c%10cc(CCC(=O)OC(C)(C)C)cc(C)n%10)n9)n8)n7)n6)n5)n4)n3)n2)n1. The molecule has 10 rings (SSSR count). The number of hydrogen-bond donors (Lipinski definition) is 0. The Kier molecular flexibility index (Phi) is 34.0. The Morgan fingerprint density at radius 3 is 0.562 bits per heavy atom. The van der Waals surface area contributed by atoms with E-state index < -0.39 is 33.6 Å². The largest absolute Gasteiger partial charge is 0.460 e. The lowest BCUT2D eigenvalue weighted by atomic mass is 10.0. The molecule has 0 N–H and O–H groups in total. The molecule has 0 fully saturated rings. The van der Waals surface area contributed by atoms with Gasteiger partial charge in [0.25, 0.3) is 0 Å². The zero-order valence-corrected chi connectivity index (χ0v) is 78.0. The van der Waals surface area contributed by atoms with Crippen molar-refractivity contribution >= 4 is 35.8 Å². The lowest BCUT2D eigenvalue weighted by molar-refractivity contribution is -0.155. The molecule has 0 radical (unpaired) electrons. The fourth-order valence-electron chi connectivity index (χ4n) is 13.7. The van der Waals surface area contributed by atoms with Gasteiger partial charge in [-0.2, -0.15) is 0 Å². The predicted octanol–water partition coefficient (Wildman–Crippen LogP) is 19.1. The molecule has 128 heavy (non-hydrogen) atoms. The van der Waals surface area contributed by atoms with Crippen LogP contribution >= 0.6 is 0 Å². The Morgan fingerprint density at radius 1 is 0.211 bits per heavy atom. The second-order valence-corrected chi connectivity index (χ2v) is 38.0. The van der Waals surface area contributed by atoms with Crippen LogP contribution in [0.3, 0.4) is 0 Å².